The molecule has 11 heteroatoms. The van der Waals surface area contributed by atoms with Gasteiger partial charge in [0, 0.05) is 43.5 Å². The number of benzene rings is 2. The number of hydrogen-bond acceptors (Lipinski definition) is 8. The lowest BCUT2D eigenvalue weighted by atomic mass is 10.0. The van der Waals surface area contributed by atoms with Gasteiger partial charge in [0.1, 0.15) is 5.69 Å². The number of nitro groups is 2. The van der Waals surface area contributed by atoms with Crippen molar-refractivity contribution in [2.75, 3.05) is 36.0 Å². The van der Waals surface area contributed by atoms with Gasteiger partial charge < -0.3 is 14.5 Å². The number of rotatable bonds is 6. The number of nitro benzene ring substituents is 2. The Kier molecular flexibility index (Phi) is 6.20. The zero-order chi connectivity index (χ0) is 23.5. The maximum Gasteiger partial charge on any atom is 0.338 e. The van der Waals surface area contributed by atoms with Crippen molar-refractivity contribution < 1.29 is 24.2 Å². The van der Waals surface area contributed by atoms with Crippen LogP contribution in [0.3, 0.4) is 0 Å². The largest absolute Gasteiger partial charge is 0.452 e. The molecule has 2 heterocycles. The Morgan fingerprint density at radius 2 is 1.64 bits per heavy atom. The van der Waals surface area contributed by atoms with E-state index in [1.54, 1.807) is 0 Å². The average molecular weight is 454 g/mol. The first kappa shape index (κ1) is 22.2. The Bertz CT molecular complexity index is 1130. The summed E-state index contributed by atoms with van der Waals surface area (Å²) in [7, 11) is 0. The molecule has 0 N–H and O–H groups in total. The first-order chi connectivity index (χ1) is 15.8. The fourth-order valence-electron chi connectivity index (χ4n) is 4.27. The molecule has 1 fully saturated rings. The van der Waals surface area contributed by atoms with Gasteiger partial charge in [-0.2, -0.15) is 0 Å². The number of non-ortho nitro benzene ring substituents is 1. The molecule has 11 nitrogen and oxygen atoms in total. The van der Waals surface area contributed by atoms with Crippen molar-refractivity contribution in [3.8, 4) is 0 Å². The van der Waals surface area contributed by atoms with E-state index in [0.29, 0.717) is 36.3 Å². The van der Waals surface area contributed by atoms with E-state index >= 15 is 0 Å². The summed E-state index contributed by atoms with van der Waals surface area (Å²) in [5, 5.41) is 22.5. The molecule has 0 aliphatic carbocycles. The number of carbonyl (C=O) groups is 2. The minimum Gasteiger partial charge on any atom is -0.452 e. The van der Waals surface area contributed by atoms with Crippen LogP contribution < -0.4 is 9.80 Å². The Morgan fingerprint density at radius 1 is 0.909 bits per heavy atom. The lowest BCUT2D eigenvalue weighted by Gasteiger charge is -2.29. The van der Waals surface area contributed by atoms with E-state index in [4.69, 9.17) is 4.74 Å². The lowest BCUT2D eigenvalue weighted by molar-refractivity contribution is -0.384. The van der Waals surface area contributed by atoms with Gasteiger partial charge in [-0.3, -0.25) is 25.0 Å². The highest BCUT2D eigenvalue weighted by atomic mass is 16.6. The van der Waals surface area contributed by atoms with Crippen LogP contribution in [-0.2, 0) is 16.0 Å². The second kappa shape index (κ2) is 9.23. The first-order valence-electron chi connectivity index (χ1n) is 10.6. The van der Waals surface area contributed by atoms with Gasteiger partial charge in [0.2, 0.25) is 0 Å². The number of anilines is 2. The highest BCUT2D eigenvalue weighted by Gasteiger charge is 2.27. The van der Waals surface area contributed by atoms with Gasteiger partial charge in [0.05, 0.1) is 15.4 Å². The maximum atomic E-state index is 12.7. The van der Waals surface area contributed by atoms with Crippen LogP contribution in [0.5, 0.6) is 0 Å². The summed E-state index contributed by atoms with van der Waals surface area (Å²) < 4.78 is 5.15. The van der Waals surface area contributed by atoms with Crippen molar-refractivity contribution in [3.63, 3.8) is 0 Å². The van der Waals surface area contributed by atoms with E-state index in [-0.39, 0.29) is 16.9 Å². The molecule has 0 spiro atoms. The molecule has 172 valence electrons. The topological polar surface area (TPSA) is 136 Å². The van der Waals surface area contributed by atoms with Crippen molar-refractivity contribution in [1.82, 2.24) is 0 Å². The van der Waals surface area contributed by atoms with E-state index in [9.17, 15) is 29.8 Å². The lowest BCUT2D eigenvalue weighted by Crippen LogP contribution is -2.38. The van der Waals surface area contributed by atoms with Crippen LogP contribution in [0.2, 0.25) is 0 Å². The zero-order valence-corrected chi connectivity index (χ0v) is 17.8. The van der Waals surface area contributed by atoms with Crippen LogP contribution >= 0.6 is 0 Å². The van der Waals surface area contributed by atoms with Gasteiger partial charge in [-0.05, 0) is 49.4 Å². The van der Waals surface area contributed by atoms with Crippen LogP contribution in [0.15, 0.2) is 36.4 Å². The van der Waals surface area contributed by atoms with Crippen molar-refractivity contribution in [2.24, 2.45) is 0 Å². The van der Waals surface area contributed by atoms with E-state index in [2.05, 4.69) is 0 Å². The summed E-state index contributed by atoms with van der Waals surface area (Å²) in [6.45, 7) is 1.30. The van der Waals surface area contributed by atoms with Gasteiger partial charge in [-0.25, -0.2) is 4.79 Å². The van der Waals surface area contributed by atoms with E-state index in [1.807, 2.05) is 4.90 Å². The van der Waals surface area contributed by atoms with Crippen molar-refractivity contribution in [1.29, 1.82) is 0 Å². The summed E-state index contributed by atoms with van der Waals surface area (Å²) in [6.07, 6.45) is 3.14. The second-order valence-corrected chi connectivity index (χ2v) is 7.95. The molecule has 1 saturated heterocycles. The Hall–Kier alpha value is -4.02. The summed E-state index contributed by atoms with van der Waals surface area (Å²) in [4.78, 5) is 50.1. The smallest absolute Gasteiger partial charge is 0.338 e. The molecule has 33 heavy (non-hydrogen) atoms. The number of aryl methyl sites for hydroxylation is 1. The number of hydrogen-bond donors (Lipinski definition) is 0. The van der Waals surface area contributed by atoms with E-state index < -0.39 is 28.3 Å². The Balaban J connectivity index is 1.45. The summed E-state index contributed by atoms with van der Waals surface area (Å²) in [5.41, 5.74) is 1.47. The molecule has 0 unspecified atom stereocenters. The normalized spacial score (nSPS) is 15.2. The fraction of sp³-hybridized carbons (Fsp3) is 0.364. The third-order valence-corrected chi connectivity index (χ3v) is 5.87. The van der Waals surface area contributed by atoms with Crippen LogP contribution in [0, 0.1) is 20.2 Å². The number of amides is 1. The standard InChI is InChI=1S/C22H22N4O7/c27-21(24-11-3-4-15-12-17(25(29)30)6-8-18(15)24)14-33-22(28)16-5-7-19(20(13-16)26(31)32)23-9-1-2-10-23/h5-8,12-13H,1-4,9-11,14H2. The Morgan fingerprint density at radius 3 is 2.33 bits per heavy atom. The van der Waals surface area contributed by atoms with Gasteiger partial charge in [-0.15, -0.1) is 0 Å². The predicted octanol–water partition coefficient (Wildman–Crippen LogP) is 3.24. The van der Waals surface area contributed by atoms with E-state index in [0.717, 1.165) is 25.9 Å². The third kappa shape index (κ3) is 4.61. The first-order valence-corrected chi connectivity index (χ1v) is 10.6. The van der Waals surface area contributed by atoms with Crippen LogP contribution in [0.25, 0.3) is 0 Å². The summed E-state index contributed by atoms with van der Waals surface area (Å²) in [6, 6.07) is 8.47. The van der Waals surface area contributed by atoms with Crippen LogP contribution in [0.4, 0.5) is 22.7 Å². The maximum absolute atomic E-state index is 12.7. The minimum absolute atomic E-state index is 0.00730. The molecule has 0 saturated carbocycles. The summed E-state index contributed by atoms with van der Waals surface area (Å²) >= 11 is 0. The molecule has 0 radical (unpaired) electrons. The van der Waals surface area contributed by atoms with Crippen molar-refractivity contribution in [2.45, 2.75) is 25.7 Å². The second-order valence-electron chi connectivity index (χ2n) is 7.95. The number of fused-ring (bicyclic) bond motifs is 1. The zero-order valence-electron chi connectivity index (χ0n) is 17.8. The average Bonchev–Trinajstić information content (AvgIpc) is 3.36. The SMILES string of the molecule is O=C(OCC(=O)N1CCCc2cc([N+](=O)[O-])ccc21)c1ccc(N2CCCC2)c([N+](=O)[O-])c1. The molecular weight excluding hydrogens is 432 g/mol. The van der Waals surface area contributed by atoms with Crippen molar-refractivity contribution in [3.05, 3.63) is 67.8 Å². The molecule has 2 aromatic rings. The minimum atomic E-state index is -0.833. The third-order valence-electron chi connectivity index (χ3n) is 5.87. The predicted molar refractivity (Wildman–Crippen MR) is 119 cm³/mol. The molecule has 2 aliphatic rings. The van der Waals surface area contributed by atoms with Crippen molar-refractivity contribution >= 4 is 34.6 Å². The molecule has 2 aromatic carbocycles. The van der Waals surface area contributed by atoms with Crippen LogP contribution in [0.1, 0.15) is 35.2 Å². The molecule has 0 bridgehead atoms. The number of esters is 1. The quantitative estimate of drug-likeness (QED) is 0.369. The molecule has 4 rings (SSSR count). The monoisotopic (exact) mass is 454 g/mol. The Labute approximate surface area is 188 Å². The van der Waals surface area contributed by atoms with Crippen LogP contribution in [-0.4, -0.2) is 48.0 Å². The van der Waals surface area contributed by atoms with Gasteiger partial charge in [0.25, 0.3) is 17.3 Å². The molecule has 0 atom stereocenters. The molecule has 2 aliphatic heterocycles. The van der Waals surface area contributed by atoms with Gasteiger partial charge in [-0.1, -0.05) is 0 Å². The number of nitrogens with zero attached hydrogens (tertiary/aromatic N) is 4. The molecule has 1 amide bonds. The molecule has 0 aromatic heterocycles. The van der Waals surface area contributed by atoms with Gasteiger partial charge >= 0.3 is 5.97 Å². The highest BCUT2D eigenvalue weighted by molar-refractivity contribution is 5.98. The number of ether oxygens (including phenoxy) is 1. The summed E-state index contributed by atoms with van der Waals surface area (Å²) in [5.74, 6) is -1.30. The number of carbonyl (C=O) groups excluding carboxylic acids is 2. The molecular formula is C22H22N4O7. The highest BCUT2D eigenvalue weighted by Crippen LogP contribution is 2.32. The fourth-order valence-corrected chi connectivity index (χ4v) is 4.27. The van der Waals surface area contributed by atoms with Gasteiger partial charge in [0.15, 0.2) is 6.61 Å². The van der Waals surface area contributed by atoms with E-state index in [1.165, 1.54) is 41.3 Å².